The number of rotatable bonds is 8. The SMILES string of the molecule is COc1ccc(S(=O)(=O)NCCCNC(C)C)cc1F. The second-order valence-corrected chi connectivity index (χ2v) is 6.42. The molecule has 114 valence electrons. The third-order valence-electron chi connectivity index (χ3n) is 2.63. The fourth-order valence-electron chi connectivity index (χ4n) is 1.58. The number of hydrogen-bond acceptors (Lipinski definition) is 4. The van der Waals surface area contributed by atoms with E-state index in [0.29, 0.717) is 19.0 Å². The zero-order valence-electron chi connectivity index (χ0n) is 11.9. The van der Waals surface area contributed by atoms with Crippen molar-refractivity contribution in [2.45, 2.75) is 31.2 Å². The van der Waals surface area contributed by atoms with Gasteiger partial charge in [0.25, 0.3) is 0 Å². The van der Waals surface area contributed by atoms with Gasteiger partial charge in [0.15, 0.2) is 11.6 Å². The first kappa shape index (κ1) is 16.9. The average molecular weight is 304 g/mol. The van der Waals surface area contributed by atoms with Gasteiger partial charge in [0.1, 0.15) is 0 Å². The Hall–Kier alpha value is -1.18. The monoisotopic (exact) mass is 304 g/mol. The molecule has 0 amide bonds. The molecule has 7 heteroatoms. The van der Waals surface area contributed by atoms with Crippen molar-refractivity contribution in [1.29, 1.82) is 0 Å². The van der Waals surface area contributed by atoms with Crippen molar-refractivity contribution in [3.63, 3.8) is 0 Å². The molecular formula is C13H21FN2O3S. The van der Waals surface area contributed by atoms with Gasteiger partial charge in [0, 0.05) is 12.6 Å². The summed E-state index contributed by atoms with van der Waals surface area (Å²) < 4.78 is 44.6. The number of hydrogen-bond donors (Lipinski definition) is 2. The highest BCUT2D eigenvalue weighted by molar-refractivity contribution is 7.89. The summed E-state index contributed by atoms with van der Waals surface area (Å²) in [6.45, 7) is 5.06. The Balaban J connectivity index is 2.58. The number of halogens is 1. The van der Waals surface area contributed by atoms with Crippen LogP contribution in [0, 0.1) is 5.82 Å². The summed E-state index contributed by atoms with van der Waals surface area (Å²) in [6.07, 6.45) is 0.663. The molecule has 0 spiro atoms. The number of benzene rings is 1. The summed E-state index contributed by atoms with van der Waals surface area (Å²) in [6, 6.07) is 3.93. The Labute approximate surface area is 119 Å². The van der Waals surface area contributed by atoms with E-state index in [0.717, 1.165) is 12.6 Å². The van der Waals surface area contributed by atoms with Crippen molar-refractivity contribution in [3.8, 4) is 5.75 Å². The van der Waals surface area contributed by atoms with E-state index >= 15 is 0 Å². The first-order valence-electron chi connectivity index (χ1n) is 6.43. The lowest BCUT2D eigenvalue weighted by atomic mass is 10.3. The van der Waals surface area contributed by atoms with E-state index in [2.05, 4.69) is 10.0 Å². The molecule has 0 saturated carbocycles. The average Bonchev–Trinajstić information content (AvgIpc) is 2.37. The van der Waals surface area contributed by atoms with Gasteiger partial charge in [-0.15, -0.1) is 0 Å². The number of ether oxygens (including phenoxy) is 1. The molecular weight excluding hydrogens is 283 g/mol. The predicted octanol–water partition coefficient (Wildman–Crippen LogP) is 1.50. The second-order valence-electron chi connectivity index (χ2n) is 4.66. The van der Waals surface area contributed by atoms with E-state index in [1.807, 2.05) is 13.8 Å². The van der Waals surface area contributed by atoms with Crippen molar-refractivity contribution in [2.75, 3.05) is 20.2 Å². The molecule has 0 saturated heterocycles. The minimum atomic E-state index is -3.68. The van der Waals surface area contributed by atoms with Crippen LogP contribution < -0.4 is 14.8 Å². The molecule has 20 heavy (non-hydrogen) atoms. The molecule has 0 heterocycles. The van der Waals surface area contributed by atoms with Crippen LogP contribution in [-0.4, -0.2) is 34.7 Å². The van der Waals surface area contributed by atoms with Gasteiger partial charge in [0.2, 0.25) is 10.0 Å². The van der Waals surface area contributed by atoms with Gasteiger partial charge in [-0.05, 0) is 31.2 Å². The van der Waals surface area contributed by atoms with Gasteiger partial charge in [-0.25, -0.2) is 17.5 Å². The van der Waals surface area contributed by atoms with Gasteiger partial charge in [0.05, 0.1) is 12.0 Å². The fraction of sp³-hybridized carbons (Fsp3) is 0.538. The van der Waals surface area contributed by atoms with Gasteiger partial charge in [-0.3, -0.25) is 0 Å². The number of sulfonamides is 1. The van der Waals surface area contributed by atoms with E-state index in [4.69, 9.17) is 4.74 Å². The standard InChI is InChI=1S/C13H21FN2O3S/c1-10(2)15-7-4-8-16-20(17,18)11-5-6-13(19-3)12(14)9-11/h5-6,9-10,15-16H,4,7-8H2,1-3H3. The summed E-state index contributed by atoms with van der Waals surface area (Å²) >= 11 is 0. The maximum atomic E-state index is 13.5. The molecule has 0 atom stereocenters. The summed E-state index contributed by atoms with van der Waals surface area (Å²) in [5.41, 5.74) is 0. The van der Waals surface area contributed by atoms with Crippen LogP contribution in [0.4, 0.5) is 4.39 Å². The lowest BCUT2D eigenvalue weighted by Gasteiger charge is -2.10. The minimum absolute atomic E-state index is 0.0186. The zero-order valence-corrected chi connectivity index (χ0v) is 12.8. The van der Waals surface area contributed by atoms with E-state index in [-0.39, 0.29) is 10.6 Å². The van der Waals surface area contributed by atoms with E-state index in [1.165, 1.54) is 19.2 Å². The molecule has 0 aliphatic heterocycles. The fourth-order valence-corrected chi connectivity index (χ4v) is 2.67. The Morgan fingerprint density at radius 1 is 1.30 bits per heavy atom. The van der Waals surface area contributed by atoms with Crippen molar-refractivity contribution in [1.82, 2.24) is 10.0 Å². The summed E-state index contributed by atoms with van der Waals surface area (Å²) in [7, 11) is -2.36. The van der Waals surface area contributed by atoms with Gasteiger partial charge < -0.3 is 10.1 Å². The Kier molecular flexibility index (Phi) is 6.38. The molecule has 0 unspecified atom stereocenters. The van der Waals surface area contributed by atoms with Gasteiger partial charge >= 0.3 is 0 Å². The minimum Gasteiger partial charge on any atom is -0.494 e. The molecule has 0 radical (unpaired) electrons. The Morgan fingerprint density at radius 3 is 2.55 bits per heavy atom. The highest BCUT2D eigenvalue weighted by atomic mass is 32.2. The quantitative estimate of drug-likeness (QED) is 0.714. The van der Waals surface area contributed by atoms with Crippen LogP contribution in [0.3, 0.4) is 0 Å². The second kappa shape index (κ2) is 7.56. The van der Waals surface area contributed by atoms with Crippen LogP contribution in [0.2, 0.25) is 0 Å². The molecule has 1 rings (SSSR count). The van der Waals surface area contributed by atoms with Crippen LogP contribution in [0.25, 0.3) is 0 Å². The van der Waals surface area contributed by atoms with Gasteiger partial charge in [-0.2, -0.15) is 0 Å². The normalized spacial score (nSPS) is 11.8. The van der Waals surface area contributed by atoms with Crippen LogP contribution in [-0.2, 0) is 10.0 Å². The van der Waals surface area contributed by atoms with Gasteiger partial charge in [-0.1, -0.05) is 13.8 Å². The molecule has 0 aliphatic rings. The Bertz CT molecular complexity index is 532. The van der Waals surface area contributed by atoms with Crippen molar-refractivity contribution >= 4 is 10.0 Å². The lowest BCUT2D eigenvalue weighted by molar-refractivity contribution is 0.385. The van der Waals surface area contributed by atoms with Crippen LogP contribution in [0.5, 0.6) is 5.75 Å². The third-order valence-corrected chi connectivity index (χ3v) is 4.09. The molecule has 2 N–H and O–H groups in total. The smallest absolute Gasteiger partial charge is 0.240 e. The van der Waals surface area contributed by atoms with E-state index in [9.17, 15) is 12.8 Å². The number of methoxy groups -OCH3 is 1. The highest BCUT2D eigenvalue weighted by Gasteiger charge is 2.15. The molecule has 0 aromatic heterocycles. The molecule has 0 aliphatic carbocycles. The summed E-state index contributed by atoms with van der Waals surface area (Å²) in [5.74, 6) is -0.679. The predicted molar refractivity (Wildman–Crippen MR) is 75.9 cm³/mol. The van der Waals surface area contributed by atoms with Crippen molar-refractivity contribution < 1.29 is 17.5 Å². The first-order valence-corrected chi connectivity index (χ1v) is 7.91. The summed E-state index contributed by atoms with van der Waals surface area (Å²) in [5, 5.41) is 3.18. The Morgan fingerprint density at radius 2 is 2.00 bits per heavy atom. The molecule has 1 aromatic carbocycles. The first-order chi connectivity index (χ1) is 9.36. The van der Waals surface area contributed by atoms with Crippen molar-refractivity contribution in [3.05, 3.63) is 24.0 Å². The molecule has 1 aromatic rings. The van der Waals surface area contributed by atoms with Crippen LogP contribution in [0.1, 0.15) is 20.3 Å². The maximum absolute atomic E-state index is 13.5. The number of nitrogens with one attached hydrogen (secondary N) is 2. The topological polar surface area (TPSA) is 67.4 Å². The van der Waals surface area contributed by atoms with Crippen molar-refractivity contribution in [2.24, 2.45) is 0 Å². The van der Waals surface area contributed by atoms with E-state index in [1.54, 1.807) is 0 Å². The van der Waals surface area contributed by atoms with Crippen LogP contribution >= 0.6 is 0 Å². The lowest BCUT2D eigenvalue weighted by Crippen LogP contribution is -2.29. The van der Waals surface area contributed by atoms with Crippen LogP contribution in [0.15, 0.2) is 23.1 Å². The summed E-state index contributed by atoms with van der Waals surface area (Å²) in [4.78, 5) is -0.104. The molecule has 5 nitrogen and oxygen atoms in total. The third kappa shape index (κ3) is 5.07. The molecule has 0 fully saturated rings. The zero-order chi connectivity index (χ0) is 15.2. The van der Waals surface area contributed by atoms with E-state index < -0.39 is 15.8 Å². The highest BCUT2D eigenvalue weighted by Crippen LogP contribution is 2.20. The maximum Gasteiger partial charge on any atom is 0.240 e. The molecule has 0 bridgehead atoms. The largest absolute Gasteiger partial charge is 0.494 e.